The summed E-state index contributed by atoms with van der Waals surface area (Å²) in [5.41, 5.74) is 4.05. The molecule has 180 valence electrons. The summed E-state index contributed by atoms with van der Waals surface area (Å²) < 4.78 is 11.5. The minimum absolute atomic E-state index is 0.0143. The number of ether oxygens (including phenoxy) is 2. The highest BCUT2D eigenvalue weighted by Crippen LogP contribution is 2.34. The molecular weight excluding hydrogens is 456 g/mol. The number of aromatic amines is 1. The van der Waals surface area contributed by atoms with Crippen LogP contribution in [0.3, 0.4) is 0 Å². The number of H-pyrrole nitrogens is 1. The van der Waals surface area contributed by atoms with E-state index >= 15 is 0 Å². The number of fused-ring (bicyclic) bond motifs is 1. The molecule has 34 heavy (non-hydrogen) atoms. The summed E-state index contributed by atoms with van der Waals surface area (Å²) in [5, 5.41) is 9.79. The Morgan fingerprint density at radius 3 is 2.56 bits per heavy atom. The zero-order valence-electron chi connectivity index (χ0n) is 19.2. The lowest BCUT2D eigenvalue weighted by Gasteiger charge is -2.30. The van der Waals surface area contributed by atoms with Crippen LogP contribution in [0.4, 0.5) is 5.69 Å². The number of carboxylic acids is 1. The second kappa shape index (κ2) is 9.80. The largest absolute Gasteiger partial charge is 0.481 e. The van der Waals surface area contributed by atoms with Crippen LogP contribution in [0, 0.1) is 11.8 Å². The van der Waals surface area contributed by atoms with Crippen molar-refractivity contribution in [1.82, 2.24) is 15.0 Å². The molecule has 0 spiro atoms. The van der Waals surface area contributed by atoms with Crippen LogP contribution < -0.4 is 9.64 Å². The highest BCUT2D eigenvalue weighted by Gasteiger charge is 2.30. The fourth-order valence-corrected chi connectivity index (χ4v) is 5.13. The Bertz CT molecular complexity index is 1150. The van der Waals surface area contributed by atoms with Gasteiger partial charge in [-0.05, 0) is 49.8 Å². The van der Waals surface area contributed by atoms with Crippen molar-refractivity contribution >= 4 is 34.4 Å². The molecule has 1 aromatic carbocycles. The Morgan fingerprint density at radius 2 is 1.88 bits per heavy atom. The van der Waals surface area contributed by atoms with Crippen LogP contribution in [0.2, 0.25) is 5.02 Å². The zero-order valence-corrected chi connectivity index (χ0v) is 19.9. The van der Waals surface area contributed by atoms with Gasteiger partial charge in [0.2, 0.25) is 0 Å². The standard InChI is InChI=1S/C25H29ClN4O4/c1-15(24(31)32)16-4-8-19(9-5-16)34-25-27-21-14-20(26)22(28-23(21)29-25)17-2-6-18(7-3-17)30-10-12-33-13-11-30/h2-3,6-7,14-16,19H,4-5,8-13H2,1H3,(H,31,32)(H,27,28,29)/t15?,16-,19-. The van der Waals surface area contributed by atoms with Gasteiger partial charge in [0.15, 0.2) is 5.65 Å². The molecule has 8 nitrogen and oxygen atoms in total. The average Bonchev–Trinajstić information content (AvgIpc) is 3.25. The van der Waals surface area contributed by atoms with Crippen molar-refractivity contribution in [3.05, 3.63) is 35.4 Å². The Hall–Kier alpha value is -2.84. The lowest BCUT2D eigenvalue weighted by Crippen LogP contribution is -2.36. The van der Waals surface area contributed by atoms with Crippen molar-refractivity contribution in [1.29, 1.82) is 0 Å². The Kier molecular flexibility index (Phi) is 6.61. The normalized spacial score (nSPS) is 22.0. The van der Waals surface area contributed by atoms with Gasteiger partial charge >= 0.3 is 5.97 Å². The Labute approximate surface area is 203 Å². The Morgan fingerprint density at radius 1 is 1.18 bits per heavy atom. The van der Waals surface area contributed by atoms with Gasteiger partial charge in [0.25, 0.3) is 6.01 Å². The summed E-state index contributed by atoms with van der Waals surface area (Å²) in [7, 11) is 0. The molecule has 0 radical (unpaired) electrons. The molecule has 5 rings (SSSR count). The first-order valence-electron chi connectivity index (χ1n) is 11.9. The number of hydrogen-bond acceptors (Lipinski definition) is 6. The highest BCUT2D eigenvalue weighted by molar-refractivity contribution is 6.33. The number of aliphatic carboxylic acids is 1. The first-order valence-corrected chi connectivity index (χ1v) is 12.2. The number of nitrogens with zero attached hydrogens (tertiary/aromatic N) is 3. The minimum Gasteiger partial charge on any atom is -0.481 e. The van der Waals surface area contributed by atoms with Gasteiger partial charge in [0.05, 0.1) is 35.4 Å². The van der Waals surface area contributed by atoms with Crippen LogP contribution in [-0.2, 0) is 9.53 Å². The third-order valence-electron chi connectivity index (χ3n) is 7.02. The minimum atomic E-state index is -0.726. The number of halogens is 1. The number of aromatic nitrogens is 3. The van der Waals surface area contributed by atoms with Crippen LogP contribution >= 0.6 is 11.6 Å². The van der Waals surface area contributed by atoms with E-state index in [-0.39, 0.29) is 17.9 Å². The first-order chi connectivity index (χ1) is 16.5. The molecule has 2 aliphatic rings. The molecule has 2 fully saturated rings. The summed E-state index contributed by atoms with van der Waals surface area (Å²) in [6.07, 6.45) is 3.32. The molecule has 1 unspecified atom stereocenters. The molecule has 1 saturated carbocycles. The van der Waals surface area contributed by atoms with E-state index in [2.05, 4.69) is 27.0 Å². The van der Waals surface area contributed by atoms with Gasteiger partial charge in [0, 0.05) is 24.3 Å². The van der Waals surface area contributed by atoms with E-state index in [1.807, 2.05) is 18.2 Å². The monoisotopic (exact) mass is 484 g/mol. The van der Waals surface area contributed by atoms with Crippen molar-refractivity contribution in [2.45, 2.75) is 38.7 Å². The molecule has 1 saturated heterocycles. The summed E-state index contributed by atoms with van der Waals surface area (Å²) in [4.78, 5) is 26.0. The van der Waals surface area contributed by atoms with Gasteiger partial charge in [-0.2, -0.15) is 4.98 Å². The molecule has 2 N–H and O–H groups in total. The van der Waals surface area contributed by atoms with Crippen molar-refractivity contribution in [3.63, 3.8) is 0 Å². The van der Waals surface area contributed by atoms with E-state index in [4.69, 9.17) is 26.1 Å². The molecule has 1 aliphatic carbocycles. The number of anilines is 1. The lowest BCUT2D eigenvalue weighted by atomic mass is 9.80. The summed E-state index contributed by atoms with van der Waals surface area (Å²) in [6, 6.07) is 10.5. The van der Waals surface area contributed by atoms with Gasteiger partial charge in [0.1, 0.15) is 6.10 Å². The predicted molar refractivity (Wildman–Crippen MR) is 131 cm³/mol. The van der Waals surface area contributed by atoms with Crippen LogP contribution in [0.15, 0.2) is 30.3 Å². The quantitative estimate of drug-likeness (QED) is 0.519. The summed E-state index contributed by atoms with van der Waals surface area (Å²) in [6.45, 7) is 5.06. The second-order valence-electron chi connectivity index (χ2n) is 9.16. The van der Waals surface area contributed by atoms with Gasteiger partial charge in [-0.15, -0.1) is 0 Å². The number of nitrogens with one attached hydrogen (secondary N) is 1. The van der Waals surface area contributed by atoms with Gasteiger partial charge in [-0.3, -0.25) is 4.79 Å². The van der Waals surface area contributed by atoms with Gasteiger partial charge < -0.3 is 24.5 Å². The maximum atomic E-state index is 11.2. The van der Waals surface area contributed by atoms with Gasteiger partial charge in [-0.1, -0.05) is 30.7 Å². The number of rotatable bonds is 6. The van der Waals surface area contributed by atoms with Gasteiger partial charge in [-0.25, -0.2) is 4.98 Å². The highest BCUT2D eigenvalue weighted by atomic mass is 35.5. The summed E-state index contributed by atoms with van der Waals surface area (Å²) >= 11 is 6.57. The number of carbonyl (C=O) groups is 1. The summed E-state index contributed by atoms with van der Waals surface area (Å²) in [5.74, 6) is -0.846. The zero-order chi connectivity index (χ0) is 23.7. The molecular formula is C25H29ClN4O4. The first kappa shape index (κ1) is 22.9. The maximum Gasteiger partial charge on any atom is 0.306 e. The molecule has 3 heterocycles. The maximum absolute atomic E-state index is 11.2. The SMILES string of the molecule is CC(C(=O)O)[C@H]1CC[C@H](Oc2nc3nc(-c4ccc(N5CCOCC5)cc4)c(Cl)cc3[nH]2)CC1. The third kappa shape index (κ3) is 4.83. The third-order valence-corrected chi connectivity index (χ3v) is 7.30. The fraction of sp³-hybridized carbons (Fsp3) is 0.480. The van der Waals surface area contributed by atoms with Crippen molar-refractivity contribution < 1.29 is 19.4 Å². The topological polar surface area (TPSA) is 101 Å². The van der Waals surface area contributed by atoms with E-state index in [1.54, 1.807) is 6.92 Å². The molecule has 1 aliphatic heterocycles. The number of hydrogen-bond donors (Lipinski definition) is 2. The van der Waals surface area contributed by atoms with Crippen molar-refractivity contribution in [2.24, 2.45) is 11.8 Å². The van der Waals surface area contributed by atoms with Crippen LogP contribution in [-0.4, -0.2) is 58.4 Å². The van der Waals surface area contributed by atoms with Crippen LogP contribution in [0.1, 0.15) is 32.6 Å². The fourth-order valence-electron chi connectivity index (χ4n) is 4.87. The number of pyridine rings is 1. The average molecular weight is 485 g/mol. The van der Waals surface area contributed by atoms with E-state index in [0.717, 1.165) is 68.8 Å². The van der Waals surface area contributed by atoms with E-state index in [0.29, 0.717) is 22.4 Å². The van der Waals surface area contributed by atoms with Crippen molar-refractivity contribution in [2.75, 3.05) is 31.2 Å². The van der Waals surface area contributed by atoms with Crippen molar-refractivity contribution in [3.8, 4) is 17.3 Å². The molecule has 0 amide bonds. The van der Waals surface area contributed by atoms with Crippen LogP contribution in [0.5, 0.6) is 6.01 Å². The smallest absolute Gasteiger partial charge is 0.306 e. The molecule has 0 bridgehead atoms. The predicted octanol–water partition coefficient (Wildman–Crippen LogP) is 4.77. The number of carboxylic acid groups (broad SMARTS) is 1. The lowest BCUT2D eigenvalue weighted by molar-refractivity contribution is -0.143. The molecule has 3 aromatic rings. The number of imidazole rings is 1. The van der Waals surface area contributed by atoms with E-state index in [9.17, 15) is 9.90 Å². The number of benzene rings is 1. The van der Waals surface area contributed by atoms with Crippen LogP contribution in [0.25, 0.3) is 22.4 Å². The molecule has 2 aromatic heterocycles. The Balaban J connectivity index is 1.28. The second-order valence-corrected chi connectivity index (χ2v) is 9.57. The molecule has 1 atom stereocenters. The molecule has 9 heteroatoms. The number of morpholine rings is 1. The van der Waals surface area contributed by atoms with E-state index < -0.39 is 5.97 Å². The van der Waals surface area contributed by atoms with E-state index in [1.165, 1.54) is 0 Å².